The zero-order valence-corrected chi connectivity index (χ0v) is 9.90. The van der Waals surface area contributed by atoms with E-state index in [2.05, 4.69) is 30.3 Å². The Hall–Kier alpha value is -0.830. The number of rotatable bonds is 5. The van der Waals surface area contributed by atoms with Crippen molar-refractivity contribution in [3.8, 4) is 0 Å². The monoisotopic (exact) mass is 207 g/mol. The van der Waals surface area contributed by atoms with Crippen LogP contribution in [0.4, 0.5) is 0 Å². The molecule has 0 saturated heterocycles. The van der Waals surface area contributed by atoms with E-state index in [0.29, 0.717) is 11.8 Å². The number of aromatic nitrogens is 2. The highest BCUT2D eigenvalue weighted by Gasteiger charge is 2.23. The summed E-state index contributed by atoms with van der Waals surface area (Å²) in [5, 5.41) is 8.04. The van der Waals surface area contributed by atoms with Gasteiger partial charge in [0.25, 0.3) is 0 Å². The number of aryl methyl sites for hydroxylation is 1. The third kappa shape index (κ3) is 2.81. The number of nitrogens with zero attached hydrogens (tertiary/aromatic N) is 2. The SMILES string of the molecule is CC(CNC1CC1)C(C)c1ccn(C)n1. The summed E-state index contributed by atoms with van der Waals surface area (Å²) < 4.78 is 1.88. The fourth-order valence-corrected chi connectivity index (χ4v) is 1.78. The van der Waals surface area contributed by atoms with E-state index in [1.807, 2.05) is 17.9 Å². The molecule has 0 bridgehead atoms. The fraction of sp³-hybridized carbons (Fsp3) is 0.750. The zero-order valence-electron chi connectivity index (χ0n) is 9.90. The normalized spacial score (nSPS) is 20.2. The molecule has 1 aliphatic carbocycles. The van der Waals surface area contributed by atoms with E-state index in [4.69, 9.17) is 0 Å². The van der Waals surface area contributed by atoms with Crippen LogP contribution in [-0.4, -0.2) is 22.4 Å². The maximum Gasteiger partial charge on any atom is 0.0655 e. The van der Waals surface area contributed by atoms with Gasteiger partial charge in [-0.15, -0.1) is 0 Å². The molecule has 1 aliphatic rings. The van der Waals surface area contributed by atoms with Crippen molar-refractivity contribution in [3.05, 3.63) is 18.0 Å². The molecule has 2 rings (SSSR count). The van der Waals surface area contributed by atoms with Crippen molar-refractivity contribution in [1.82, 2.24) is 15.1 Å². The molecule has 84 valence electrons. The van der Waals surface area contributed by atoms with Gasteiger partial charge < -0.3 is 5.32 Å². The third-order valence-electron chi connectivity index (χ3n) is 3.36. The summed E-state index contributed by atoms with van der Waals surface area (Å²) in [6.45, 7) is 5.68. The molecular weight excluding hydrogens is 186 g/mol. The topological polar surface area (TPSA) is 29.9 Å². The molecule has 1 fully saturated rings. The quantitative estimate of drug-likeness (QED) is 0.799. The van der Waals surface area contributed by atoms with Crippen molar-refractivity contribution in [2.45, 2.75) is 38.6 Å². The van der Waals surface area contributed by atoms with Gasteiger partial charge in [-0.05, 0) is 31.4 Å². The molecule has 2 atom stereocenters. The lowest BCUT2D eigenvalue weighted by Crippen LogP contribution is -2.26. The maximum absolute atomic E-state index is 4.46. The van der Waals surface area contributed by atoms with Crippen LogP contribution in [0.25, 0.3) is 0 Å². The molecule has 1 aromatic heterocycles. The molecular formula is C12H21N3. The van der Waals surface area contributed by atoms with E-state index in [0.717, 1.165) is 12.6 Å². The minimum atomic E-state index is 0.539. The molecule has 15 heavy (non-hydrogen) atoms. The van der Waals surface area contributed by atoms with Crippen LogP contribution in [0, 0.1) is 5.92 Å². The summed E-state index contributed by atoms with van der Waals surface area (Å²) in [6, 6.07) is 2.93. The molecule has 0 aliphatic heterocycles. The Morgan fingerprint density at radius 3 is 2.80 bits per heavy atom. The minimum Gasteiger partial charge on any atom is -0.314 e. The molecule has 0 radical (unpaired) electrons. The van der Waals surface area contributed by atoms with Crippen molar-refractivity contribution in [3.63, 3.8) is 0 Å². The highest BCUT2D eigenvalue weighted by molar-refractivity contribution is 5.06. The average Bonchev–Trinajstić information content (AvgIpc) is 2.95. The summed E-state index contributed by atoms with van der Waals surface area (Å²) in [5.74, 6) is 1.19. The Kier molecular flexibility index (Phi) is 3.10. The van der Waals surface area contributed by atoms with Crippen LogP contribution in [0.2, 0.25) is 0 Å². The molecule has 0 amide bonds. The van der Waals surface area contributed by atoms with Crippen LogP contribution in [0.5, 0.6) is 0 Å². The second kappa shape index (κ2) is 4.35. The van der Waals surface area contributed by atoms with Gasteiger partial charge in [0.2, 0.25) is 0 Å². The lowest BCUT2D eigenvalue weighted by Gasteiger charge is -2.18. The Balaban J connectivity index is 1.85. The predicted octanol–water partition coefficient (Wildman–Crippen LogP) is 1.91. The predicted molar refractivity (Wildman–Crippen MR) is 61.8 cm³/mol. The van der Waals surface area contributed by atoms with Crippen LogP contribution >= 0.6 is 0 Å². The van der Waals surface area contributed by atoms with E-state index in [1.54, 1.807) is 0 Å². The molecule has 1 heterocycles. The Morgan fingerprint density at radius 2 is 2.27 bits per heavy atom. The molecule has 3 heteroatoms. The van der Waals surface area contributed by atoms with Gasteiger partial charge in [-0.1, -0.05) is 13.8 Å². The fourth-order valence-electron chi connectivity index (χ4n) is 1.78. The van der Waals surface area contributed by atoms with Gasteiger partial charge in [-0.25, -0.2) is 0 Å². The average molecular weight is 207 g/mol. The molecule has 3 nitrogen and oxygen atoms in total. The van der Waals surface area contributed by atoms with Crippen LogP contribution in [0.3, 0.4) is 0 Å². The second-order valence-electron chi connectivity index (χ2n) is 4.86. The Labute approximate surface area is 91.9 Å². The Bertz CT molecular complexity index is 314. The zero-order chi connectivity index (χ0) is 10.8. The van der Waals surface area contributed by atoms with Gasteiger partial charge in [-0.3, -0.25) is 4.68 Å². The van der Waals surface area contributed by atoms with Crippen molar-refractivity contribution in [1.29, 1.82) is 0 Å². The lowest BCUT2D eigenvalue weighted by molar-refractivity contribution is 0.437. The lowest BCUT2D eigenvalue weighted by atomic mass is 9.93. The largest absolute Gasteiger partial charge is 0.314 e. The van der Waals surface area contributed by atoms with Crippen molar-refractivity contribution in [2.75, 3.05) is 6.54 Å². The first-order valence-corrected chi connectivity index (χ1v) is 5.89. The van der Waals surface area contributed by atoms with Crippen LogP contribution in [0.1, 0.15) is 38.3 Å². The first kappa shape index (κ1) is 10.7. The second-order valence-corrected chi connectivity index (χ2v) is 4.86. The molecule has 0 spiro atoms. The number of hydrogen-bond acceptors (Lipinski definition) is 2. The van der Waals surface area contributed by atoms with E-state index in [-0.39, 0.29) is 0 Å². The summed E-state index contributed by atoms with van der Waals surface area (Å²) >= 11 is 0. The molecule has 2 unspecified atom stereocenters. The minimum absolute atomic E-state index is 0.539. The van der Waals surface area contributed by atoms with Gasteiger partial charge >= 0.3 is 0 Å². The highest BCUT2D eigenvalue weighted by atomic mass is 15.2. The van der Waals surface area contributed by atoms with Crippen molar-refractivity contribution >= 4 is 0 Å². The summed E-state index contributed by atoms with van der Waals surface area (Å²) in [6.07, 6.45) is 4.75. The van der Waals surface area contributed by atoms with Gasteiger partial charge in [0.15, 0.2) is 0 Å². The van der Waals surface area contributed by atoms with Gasteiger partial charge in [0.1, 0.15) is 0 Å². The number of hydrogen-bond donors (Lipinski definition) is 1. The highest BCUT2D eigenvalue weighted by Crippen LogP contribution is 2.24. The molecule has 0 aromatic carbocycles. The summed E-state index contributed by atoms with van der Waals surface area (Å²) in [5.41, 5.74) is 1.21. The Morgan fingerprint density at radius 1 is 1.53 bits per heavy atom. The first-order chi connectivity index (χ1) is 7.16. The van der Waals surface area contributed by atoms with Gasteiger partial charge in [0, 0.05) is 25.2 Å². The smallest absolute Gasteiger partial charge is 0.0655 e. The van der Waals surface area contributed by atoms with E-state index < -0.39 is 0 Å². The number of nitrogens with one attached hydrogen (secondary N) is 1. The van der Waals surface area contributed by atoms with Crippen molar-refractivity contribution < 1.29 is 0 Å². The summed E-state index contributed by atoms with van der Waals surface area (Å²) in [4.78, 5) is 0. The van der Waals surface area contributed by atoms with Crippen molar-refractivity contribution in [2.24, 2.45) is 13.0 Å². The van der Waals surface area contributed by atoms with E-state index in [1.165, 1.54) is 18.5 Å². The van der Waals surface area contributed by atoms with Crippen LogP contribution in [-0.2, 0) is 7.05 Å². The van der Waals surface area contributed by atoms with Crippen LogP contribution < -0.4 is 5.32 Å². The molecule has 1 N–H and O–H groups in total. The van der Waals surface area contributed by atoms with Gasteiger partial charge in [0.05, 0.1) is 5.69 Å². The van der Waals surface area contributed by atoms with Crippen LogP contribution in [0.15, 0.2) is 12.3 Å². The third-order valence-corrected chi connectivity index (χ3v) is 3.36. The van der Waals surface area contributed by atoms with E-state index >= 15 is 0 Å². The first-order valence-electron chi connectivity index (χ1n) is 5.89. The van der Waals surface area contributed by atoms with Gasteiger partial charge in [-0.2, -0.15) is 5.10 Å². The maximum atomic E-state index is 4.46. The van der Waals surface area contributed by atoms with E-state index in [9.17, 15) is 0 Å². The molecule has 1 saturated carbocycles. The molecule has 1 aromatic rings. The standard InChI is InChI=1S/C12H21N3/c1-9(8-13-11-4-5-11)10(2)12-6-7-15(3)14-12/h6-7,9-11,13H,4-5,8H2,1-3H3. The summed E-state index contributed by atoms with van der Waals surface area (Å²) in [7, 11) is 1.98.